The van der Waals surface area contributed by atoms with E-state index in [1.165, 1.54) is 11.1 Å². The topological polar surface area (TPSA) is 60.2 Å². The lowest BCUT2D eigenvalue weighted by Crippen LogP contribution is -2.24. The fourth-order valence-electron chi connectivity index (χ4n) is 3.20. The molecule has 0 unspecified atom stereocenters. The third-order valence-electron chi connectivity index (χ3n) is 4.40. The number of nitrogens with one attached hydrogen (secondary N) is 1. The maximum Gasteiger partial charge on any atom is 0.258 e. The quantitative estimate of drug-likeness (QED) is 0.917. The predicted molar refractivity (Wildman–Crippen MR) is 77.9 cm³/mol. The molecular weight excluding hydrogens is 266 g/mol. The van der Waals surface area contributed by atoms with Gasteiger partial charge in [-0.15, -0.1) is 0 Å². The molecule has 1 aromatic heterocycles. The molecule has 0 spiro atoms. The van der Waals surface area contributed by atoms with E-state index < -0.39 is 0 Å². The van der Waals surface area contributed by atoms with E-state index in [2.05, 4.69) is 33.7 Å². The first-order valence-corrected chi connectivity index (χ1v) is 7.65. The standard InChI is InChI=1S/C16H19N3O2/c1-2-12-10-17-7-4-13(12)14(3-1)16-18-15(19-21-16)11-5-8-20-9-6-11/h1-3,11,17H,4-10H2. The molecule has 110 valence electrons. The van der Waals surface area contributed by atoms with Crippen LogP contribution >= 0.6 is 0 Å². The highest BCUT2D eigenvalue weighted by atomic mass is 16.5. The van der Waals surface area contributed by atoms with Crippen molar-refractivity contribution in [3.05, 3.63) is 35.2 Å². The van der Waals surface area contributed by atoms with Crippen molar-refractivity contribution in [3.8, 4) is 11.5 Å². The van der Waals surface area contributed by atoms with Gasteiger partial charge in [0.2, 0.25) is 0 Å². The van der Waals surface area contributed by atoms with Crippen LogP contribution in [-0.4, -0.2) is 29.9 Å². The van der Waals surface area contributed by atoms with Gasteiger partial charge in [-0.25, -0.2) is 0 Å². The highest BCUT2D eigenvalue weighted by Crippen LogP contribution is 2.30. The van der Waals surface area contributed by atoms with E-state index in [0.717, 1.165) is 57.0 Å². The molecule has 0 saturated carbocycles. The van der Waals surface area contributed by atoms with Crippen molar-refractivity contribution in [2.45, 2.75) is 31.7 Å². The summed E-state index contributed by atoms with van der Waals surface area (Å²) in [5, 5.41) is 7.60. The molecule has 1 saturated heterocycles. The maximum atomic E-state index is 5.55. The number of aromatic nitrogens is 2. The highest BCUT2D eigenvalue weighted by molar-refractivity contribution is 5.61. The van der Waals surface area contributed by atoms with E-state index in [-0.39, 0.29) is 0 Å². The fourth-order valence-corrected chi connectivity index (χ4v) is 3.20. The van der Waals surface area contributed by atoms with Crippen LogP contribution in [0.5, 0.6) is 0 Å². The Morgan fingerprint density at radius 3 is 3.00 bits per heavy atom. The average molecular weight is 285 g/mol. The van der Waals surface area contributed by atoms with E-state index in [1.54, 1.807) is 0 Å². The molecule has 1 N–H and O–H groups in total. The van der Waals surface area contributed by atoms with Crippen LogP contribution in [0.25, 0.3) is 11.5 Å². The van der Waals surface area contributed by atoms with Crippen molar-refractivity contribution in [2.75, 3.05) is 19.8 Å². The number of hydrogen-bond donors (Lipinski definition) is 1. The van der Waals surface area contributed by atoms with Gasteiger partial charge in [0.1, 0.15) is 0 Å². The second kappa shape index (κ2) is 5.58. The second-order valence-electron chi connectivity index (χ2n) is 5.71. The zero-order valence-electron chi connectivity index (χ0n) is 12.0. The largest absolute Gasteiger partial charge is 0.381 e. The van der Waals surface area contributed by atoms with Gasteiger partial charge in [0.25, 0.3) is 5.89 Å². The molecule has 0 amide bonds. The molecule has 21 heavy (non-hydrogen) atoms. The van der Waals surface area contributed by atoms with Crippen LogP contribution < -0.4 is 5.32 Å². The Bertz CT molecular complexity index is 632. The first-order chi connectivity index (χ1) is 10.4. The number of benzene rings is 1. The van der Waals surface area contributed by atoms with Gasteiger partial charge in [0, 0.05) is 31.2 Å². The Balaban J connectivity index is 1.66. The van der Waals surface area contributed by atoms with Crippen molar-refractivity contribution < 1.29 is 9.26 Å². The van der Waals surface area contributed by atoms with Gasteiger partial charge in [-0.3, -0.25) is 0 Å². The first-order valence-electron chi connectivity index (χ1n) is 7.65. The van der Waals surface area contributed by atoms with E-state index >= 15 is 0 Å². The van der Waals surface area contributed by atoms with E-state index in [1.807, 2.05) is 0 Å². The minimum atomic E-state index is 0.373. The SMILES string of the molecule is c1cc2c(c(-c3nc(C4CCOCC4)no3)c1)CCNC2. The number of fused-ring (bicyclic) bond motifs is 1. The summed E-state index contributed by atoms with van der Waals surface area (Å²) in [6.45, 7) is 3.51. The molecule has 2 aliphatic heterocycles. The van der Waals surface area contributed by atoms with Crippen LogP contribution in [0.2, 0.25) is 0 Å². The molecule has 1 fully saturated rings. The van der Waals surface area contributed by atoms with Gasteiger partial charge in [-0.05, 0) is 43.0 Å². The molecule has 0 atom stereocenters. The summed E-state index contributed by atoms with van der Waals surface area (Å²) in [7, 11) is 0. The lowest BCUT2D eigenvalue weighted by Gasteiger charge is -2.19. The summed E-state index contributed by atoms with van der Waals surface area (Å²) < 4.78 is 10.9. The van der Waals surface area contributed by atoms with E-state index in [0.29, 0.717) is 11.8 Å². The maximum absolute atomic E-state index is 5.55. The predicted octanol–water partition coefficient (Wildman–Crippen LogP) is 2.28. The summed E-state index contributed by atoms with van der Waals surface area (Å²) in [5.41, 5.74) is 3.78. The van der Waals surface area contributed by atoms with Gasteiger partial charge in [0.05, 0.1) is 0 Å². The van der Waals surface area contributed by atoms with Crippen molar-refractivity contribution in [3.63, 3.8) is 0 Å². The third kappa shape index (κ3) is 2.47. The number of nitrogens with zero attached hydrogens (tertiary/aromatic N) is 2. The number of rotatable bonds is 2. The second-order valence-corrected chi connectivity index (χ2v) is 5.71. The third-order valence-corrected chi connectivity index (χ3v) is 4.40. The lowest BCUT2D eigenvalue weighted by molar-refractivity contribution is 0.0830. The Morgan fingerprint density at radius 1 is 1.19 bits per heavy atom. The highest BCUT2D eigenvalue weighted by Gasteiger charge is 2.23. The Labute approximate surface area is 123 Å². The van der Waals surface area contributed by atoms with E-state index in [4.69, 9.17) is 9.26 Å². The molecule has 2 aromatic rings. The monoisotopic (exact) mass is 285 g/mol. The average Bonchev–Trinajstić information content (AvgIpc) is 3.05. The van der Waals surface area contributed by atoms with Crippen LogP contribution in [0.3, 0.4) is 0 Å². The summed E-state index contributed by atoms with van der Waals surface area (Å²) in [6.07, 6.45) is 2.98. The van der Waals surface area contributed by atoms with Crippen molar-refractivity contribution in [2.24, 2.45) is 0 Å². The van der Waals surface area contributed by atoms with Crippen LogP contribution in [0.1, 0.15) is 35.7 Å². The lowest BCUT2D eigenvalue weighted by atomic mass is 9.95. The van der Waals surface area contributed by atoms with Gasteiger partial charge in [0.15, 0.2) is 5.82 Å². The summed E-state index contributed by atoms with van der Waals surface area (Å²) in [4.78, 5) is 4.66. The normalized spacial score (nSPS) is 19.4. The van der Waals surface area contributed by atoms with Crippen LogP contribution in [0, 0.1) is 0 Å². The molecular formula is C16H19N3O2. The zero-order valence-corrected chi connectivity index (χ0v) is 12.0. The number of hydrogen-bond acceptors (Lipinski definition) is 5. The van der Waals surface area contributed by atoms with Crippen LogP contribution in [-0.2, 0) is 17.7 Å². The van der Waals surface area contributed by atoms with Gasteiger partial charge >= 0.3 is 0 Å². The van der Waals surface area contributed by atoms with Gasteiger partial charge in [-0.1, -0.05) is 17.3 Å². The summed E-state index contributed by atoms with van der Waals surface area (Å²) in [6, 6.07) is 6.33. The Hall–Kier alpha value is -1.72. The minimum absolute atomic E-state index is 0.373. The first kappa shape index (κ1) is 13.0. The molecule has 0 radical (unpaired) electrons. The minimum Gasteiger partial charge on any atom is -0.381 e. The molecule has 1 aromatic carbocycles. The van der Waals surface area contributed by atoms with Crippen molar-refractivity contribution in [1.29, 1.82) is 0 Å². The van der Waals surface area contributed by atoms with Crippen LogP contribution in [0.15, 0.2) is 22.7 Å². The molecule has 0 bridgehead atoms. The van der Waals surface area contributed by atoms with Crippen molar-refractivity contribution >= 4 is 0 Å². The summed E-state index contributed by atoms with van der Waals surface area (Å²) in [5.74, 6) is 1.87. The van der Waals surface area contributed by atoms with E-state index in [9.17, 15) is 0 Å². The number of ether oxygens (including phenoxy) is 1. The Morgan fingerprint density at radius 2 is 2.10 bits per heavy atom. The molecule has 3 heterocycles. The molecule has 2 aliphatic rings. The Kier molecular flexibility index (Phi) is 3.45. The molecule has 4 rings (SSSR count). The summed E-state index contributed by atoms with van der Waals surface area (Å²) >= 11 is 0. The zero-order chi connectivity index (χ0) is 14.1. The molecule has 5 heteroatoms. The van der Waals surface area contributed by atoms with Gasteiger partial charge in [-0.2, -0.15) is 4.98 Å². The van der Waals surface area contributed by atoms with Gasteiger partial charge < -0.3 is 14.6 Å². The smallest absolute Gasteiger partial charge is 0.258 e. The fraction of sp³-hybridized carbons (Fsp3) is 0.500. The molecule has 0 aliphatic carbocycles. The van der Waals surface area contributed by atoms with Crippen molar-refractivity contribution in [1.82, 2.24) is 15.5 Å². The van der Waals surface area contributed by atoms with Crippen LogP contribution in [0.4, 0.5) is 0 Å². The molecule has 5 nitrogen and oxygen atoms in total.